The third-order valence-corrected chi connectivity index (χ3v) is 4.84. The lowest BCUT2D eigenvalue weighted by Crippen LogP contribution is -2.11. The van der Waals surface area contributed by atoms with E-state index < -0.39 is 10.8 Å². The Morgan fingerprint density at radius 3 is 2.36 bits per heavy atom. The summed E-state index contributed by atoms with van der Waals surface area (Å²) in [5.74, 6) is 0.531. The molecule has 0 saturated carbocycles. The lowest BCUT2D eigenvalue weighted by molar-refractivity contribution is 0.685. The third-order valence-electron chi connectivity index (χ3n) is 3.45. The van der Waals surface area contributed by atoms with E-state index in [-0.39, 0.29) is 0 Å². The SMILES string of the molecule is CCCC(CS(=O)c1ccc(C)cc1)=NCc1ccccc1. The van der Waals surface area contributed by atoms with Crippen molar-refractivity contribution in [2.45, 2.75) is 38.1 Å². The molecule has 0 fully saturated rings. The lowest BCUT2D eigenvalue weighted by Gasteiger charge is -2.07. The number of hydrogen-bond acceptors (Lipinski definition) is 2. The van der Waals surface area contributed by atoms with E-state index in [1.165, 1.54) is 11.1 Å². The zero-order valence-corrected chi connectivity index (χ0v) is 14.1. The van der Waals surface area contributed by atoms with Crippen LogP contribution in [0.25, 0.3) is 0 Å². The maximum atomic E-state index is 12.5. The fourth-order valence-electron chi connectivity index (χ4n) is 2.20. The topological polar surface area (TPSA) is 29.4 Å². The molecule has 0 radical (unpaired) electrons. The number of hydrogen-bond donors (Lipinski definition) is 0. The van der Waals surface area contributed by atoms with Gasteiger partial charge >= 0.3 is 0 Å². The summed E-state index contributed by atoms with van der Waals surface area (Å²) < 4.78 is 12.5. The van der Waals surface area contributed by atoms with Gasteiger partial charge in [-0.15, -0.1) is 0 Å². The second-order valence-corrected chi connectivity index (χ2v) is 6.87. The highest BCUT2D eigenvalue weighted by atomic mass is 32.2. The maximum Gasteiger partial charge on any atom is 0.0662 e. The van der Waals surface area contributed by atoms with Gasteiger partial charge in [0.05, 0.1) is 23.1 Å². The van der Waals surface area contributed by atoms with Crippen molar-refractivity contribution in [1.82, 2.24) is 0 Å². The maximum absolute atomic E-state index is 12.5. The van der Waals surface area contributed by atoms with Crippen LogP contribution < -0.4 is 0 Å². The van der Waals surface area contributed by atoms with Crippen molar-refractivity contribution in [2.75, 3.05) is 5.75 Å². The van der Waals surface area contributed by atoms with Crippen LogP contribution in [0.5, 0.6) is 0 Å². The van der Waals surface area contributed by atoms with Crippen LogP contribution in [-0.2, 0) is 17.3 Å². The van der Waals surface area contributed by atoms with Crippen molar-refractivity contribution in [3.63, 3.8) is 0 Å². The van der Waals surface area contributed by atoms with Gasteiger partial charge in [-0.25, -0.2) is 0 Å². The molecule has 0 saturated heterocycles. The minimum absolute atomic E-state index is 0.531. The van der Waals surface area contributed by atoms with Crippen LogP contribution in [0.3, 0.4) is 0 Å². The van der Waals surface area contributed by atoms with E-state index >= 15 is 0 Å². The summed E-state index contributed by atoms with van der Waals surface area (Å²) in [7, 11) is -1.01. The van der Waals surface area contributed by atoms with Crippen LogP contribution >= 0.6 is 0 Å². The van der Waals surface area contributed by atoms with E-state index in [2.05, 4.69) is 19.1 Å². The smallest absolute Gasteiger partial charge is 0.0662 e. The van der Waals surface area contributed by atoms with Gasteiger partial charge < -0.3 is 0 Å². The van der Waals surface area contributed by atoms with Crippen molar-refractivity contribution in [3.8, 4) is 0 Å². The van der Waals surface area contributed by atoms with Gasteiger partial charge in [-0.1, -0.05) is 61.4 Å². The molecule has 3 heteroatoms. The molecule has 2 nitrogen and oxygen atoms in total. The van der Waals surface area contributed by atoms with Gasteiger partial charge in [0.15, 0.2) is 0 Å². The average molecular weight is 313 g/mol. The minimum Gasteiger partial charge on any atom is -0.288 e. The molecule has 2 rings (SSSR count). The first-order valence-electron chi connectivity index (χ1n) is 7.70. The highest BCUT2D eigenvalue weighted by molar-refractivity contribution is 7.85. The van der Waals surface area contributed by atoms with E-state index in [1.54, 1.807) is 0 Å². The normalized spacial score (nSPS) is 13.1. The Bertz CT molecular complexity index is 632. The van der Waals surface area contributed by atoms with Crippen molar-refractivity contribution in [2.24, 2.45) is 4.99 Å². The van der Waals surface area contributed by atoms with Gasteiger partial charge in [-0.3, -0.25) is 9.20 Å². The fraction of sp³-hybridized carbons (Fsp3) is 0.316. The molecule has 2 aromatic rings. The molecule has 0 aliphatic heterocycles. The van der Waals surface area contributed by atoms with E-state index in [0.717, 1.165) is 23.4 Å². The predicted octanol–water partition coefficient (Wildman–Crippen LogP) is 4.54. The molecule has 0 aromatic heterocycles. The first kappa shape index (κ1) is 16.6. The van der Waals surface area contributed by atoms with Gasteiger partial charge in [0.25, 0.3) is 0 Å². The highest BCUT2D eigenvalue weighted by Gasteiger charge is 2.08. The van der Waals surface area contributed by atoms with Gasteiger partial charge in [-0.2, -0.15) is 0 Å². The Kier molecular flexibility index (Phi) is 6.53. The predicted molar refractivity (Wildman–Crippen MR) is 94.9 cm³/mol. The Balaban J connectivity index is 2.04. The highest BCUT2D eigenvalue weighted by Crippen LogP contribution is 2.11. The van der Waals surface area contributed by atoms with E-state index in [0.29, 0.717) is 12.3 Å². The van der Waals surface area contributed by atoms with Crippen LogP contribution in [0.15, 0.2) is 64.5 Å². The molecule has 2 aromatic carbocycles. The monoisotopic (exact) mass is 313 g/mol. The molecular weight excluding hydrogens is 290 g/mol. The quantitative estimate of drug-likeness (QED) is 0.690. The van der Waals surface area contributed by atoms with Gasteiger partial charge in [0.1, 0.15) is 0 Å². The van der Waals surface area contributed by atoms with Crippen molar-refractivity contribution in [3.05, 3.63) is 65.7 Å². The van der Waals surface area contributed by atoms with E-state index in [4.69, 9.17) is 4.99 Å². The van der Waals surface area contributed by atoms with Gasteiger partial charge in [0.2, 0.25) is 0 Å². The molecule has 0 amide bonds. The van der Waals surface area contributed by atoms with Crippen molar-refractivity contribution < 1.29 is 4.21 Å². The summed E-state index contributed by atoms with van der Waals surface area (Å²) >= 11 is 0. The fourth-order valence-corrected chi connectivity index (χ4v) is 3.34. The number of aliphatic imine (C=N–C) groups is 1. The van der Waals surface area contributed by atoms with Gasteiger partial charge in [0, 0.05) is 10.6 Å². The van der Waals surface area contributed by atoms with Crippen molar-refractivity contribution in [1.29, 1.82) is 0 Å². The Morgan fingerprint density at radius 2 is 1.73 bits per heavy atom. The second-order valence-electron chi connectivity index (χ2n) is 5.42. The van der Waals surface area contributed by atoms with Crippen LogP contribution in [-0.4, -0.2) is 15.7 Å². The molecule has 1 atom stereocenters. The molecule has 116 valence electrons. The first-order chi connectivity index (χ1) is 10.7. The largest absolute Gasteiger partial charge is 0.288 e. The summed E-state index contributed by atoms with van der Waals surface area (Å²) in [5, 5.41) is 0. The van der Waals surface area contributed by atoms with Crippen LogP contribution in [0, 0.1) is 6.92 Å². The summed E-state index contributed by atoms with van der Waals surface area (Å²) in [6.45, 7) is 4.84. The number of aryl methyl sites for hydroxylation is 1. The summed E-state index contributed by atoms with van der Waals surface area (Å²) in [6, 6.07) is 18.1. The standard InChI is InChI=1S/C19H23NOS/c1-3-7-18(20-14-17-8-5-4-6-9-17)15-22(21)19-12-10-16(2)11-13-19/h4-6,8-13H,3,7,14-15H2,1-2H3. The molecule has 0 heterocycles. The van der Waals surface area contributed by atoms with Crippen LogP contribution in [0.4, 0.5) is 0 Å². The van der Waals surface area contributed by atoms with E-state index in [9.17, 15) is 4.21 Å². The summed E-state index contributed by atoms with van der Waals surface area (Å²) in [4.78, 5) is 5.57. The zero-order valence-electron chi connectivity index (χ0n) is 13.3. The van der Waals surface area contributed by atoms with E-state index in [1.807, 2.05) is 49.4 Å². The molecule has 0 aliphatic rings. The molecule has 0 N–H and O–H groups in total. The van der Waals surface area contributed by atoms with Crippen LogP contribution in [0.2, 0.25) is 0 Å². The summed E-state index contributed by atoms with van der Waals surface area (Å²) in [5.41, 5.74) is 3.43. The average Bonchev–Trinajstić information content (AvgIpc) is 2.54. The molecule has 0 bridgehead atoms. The molecule has 0 spiro atoms. The molecule has 1 unspecified atom stereocenters. The third kappa shape index (κ3) is 5.23. The Morgan fingerprint density at radius 1 is 1.05 bits per heavy atom. The zero-order chi connectivity index (χ0) is 15.8. The van der Waals surface area contributed by atoms with Crippen molar-refractivity contribution >= 4 is 16.5 Å². The Hall–Kier alpha value is -1.74. The minimum atomic E-state index is -1.01. The van der Waals surface area contributed by atoms with Crippen LogP contribution in [0.1, 0.15) is 30.9 Å². The van der Waals surface area contributed by atoms with Gasteiger partial charge in [-0.05, 0) is 31.0 Å². The summed E-state index contributed by atoms with van der Waals surface area (Å²) in [6.07, 6.45) is 1.93. The number of benzene rings is 2. The lowest BCUT2D eigenvalue weighted by atomic mass is 10.2. The number of rotatable bonds is 7. The molecule has 22 heavy (non-hydrogen) atoms. The molecular formula is C19H23NOS. The number of nitrogens with zero attached hydrogens (tertiary/aromatic N) is 1. The first-order valence-corrected chi connectivity index (χ1v) is 9.02. The molecule has 0 aliphatic carbocycles. The Labute approximate surface area is 135 Å². The second kappa shape index (κ2) is 8.64.